The van der Waals surface area contributed by atoms with E-state index in [1.807, 2.05) is 6.07 Å². The van der Waals surface area contributed by atoms with Crippen LogP contribution in [0.4, 0.5) is 5.69 Å². The second-order valence-corrected chi connectivity index (χ2v) is 9.15. The molecule has 0 fully saturated rings. The van der Waals surface area contributed by atoms with Gasteiger partial charge in [0.25, 0.3) is 5.91 Å². The van der Waals surface area contributed by atoms with Crippen LogP contribution in [0, 0.1) is 0 Å². The highest BCUT2D eigenvalue weighted by atomic mass is 32.2. The quantitative estimate of drug-likeness (QED) is 0.824. The maximum atomic E-state index is 12.4. The summed E-state index contributed by atoms with van der Waals surface area (Å²) in [5.74, 6) is -0.374. The molecule has 2 rings (SSSR count). The topological polar surface area (TPSA) is 83.6 Å². The Hall–Kier alpha value is -2.67. The summed E-state index contributed by atoms with van der Waals surface area (Å²) in [4.78, 5) is 25.6. The molecule has 2 aromatic carbocycles. The molecule has 0 aliphatic carbocycles. The number of hydrogen-bond donors (Lipinski definition) is 1. The van der Waals surface area contributed by atoms with Crippen molar-refractivity contribution in [3.63, 3.8) is 0 Å². The van der Waals surface area contributed by atoms with Gasteiger partial charge in [-0.15, -0.1) is 0 Å². The molecule has 0 atom stereocenters. The lowest BCUT2D eigenvalue weighted by atomic mass is 10.1. The molecule has 0 spiro atoms. The third kappa shape index (κ3) is 5.17. The number of sulfone groups is 1. The maximum Gasteiger partial charge on any atom is 0.255 e. The van der Waals surface area contributed by atoms with E-state index in [0.29, 0.717) is 17.8 Å². The number of rotatable bonds is 6. The summed E-state index contributed by atoms with van der Waals surface area (Å²) in [7, 11) is -1.66. The molecular formula is C20H24N2O4S. The summed E-state index contributed by atoms with van der Waals surface area (Å²) < 4.78 is 24.3. The standard InChI is InChI=1S/C20H24N2O4S/c1-14(2)27(25,26)19-10-8-17(9-11-19)20(24)21-18-7-5-6-16(12-18)13-22(4)15(3)23/h5-12,14H,13H2,1-4H3,(H,21,24). The minimum atomic E-state index is -3.37. The SMILES string of the molecule is CC(=O)N(C)Cc1cccc(NC(=O)c2ccc(S(=O)(=O)C(C)C)cc2)c1. The van der Waals surface area contributed by atoms with Gasteiger partial charge in [-0.2, -0.15) is 0 Å². The van der Waals surface area contributed by atoms with Crippen molar-refractivity contribution in [1.29, 1.82) is 0 Å². The summed E-state index contributed by atoms with van der Waals surface area (Å²) in [5, 5.41) is 2.27. The van der Waals surface area contributed by atoms with E-state index in [0.717, 1.165) is 5.56 Å². The van der Waals surface area contributed by atoms with Crippen LogP contribution in [0.15, 0.2) is 53.4 Å². The Balaban J connectivity index is 2.12. The molecule has 27 heavy (non-hydrogen) atoms. The molecule has 1 N–H and O–H groups in total. The zero-order valence-electron chi connectivity index (χ0n) is 15.9. The molecule has 7 heteroatoms. The van der Waals surface area contributed by atoms with Gasteiger partial charge >= 0.3 is 0 Å². The summed E-state index contributed by atoms with van der Waals surface area (Å²) in [5.41, 5.74) is 1.86. The summed E-state index contributed by atoms with van der Waals surface area (Å²) in [6.45, 7) is 5.18. The minimum Gasteiger partial charge on any atom is -0.342 e. The predicted molar refractivity (Wildman–Crippen MR) is 105 cm³/mol. The zero-order valence-corrected chi connectivity index (χ0v) is 16.7. The van der Waals surface area contributed by atoms with Gasteiger partial charge in [0.1, 0.15) is 0 Å². The lowest BCUT2D eigenvalue weighted by Gasteiger charge is -2.15. The third-order valence-electron chi connectivity index (χ3n) is 4.21. The van der Waals surface area contributed by atoms with Gasteiger partial charge in [0.2, 0.25) is 5.91 Å². The Morgan fingerprint density at radius 2 is 1.70 bits per heavy atom. The first-order valence-electron chi connectivity index (χ1n) is 8.57. The smallest absolute Gasteiger partial charge is 0.255 e. The molecule has 0 aromatic heterocycles. The molecular weight excluding hydrogens is 364 g/mol. The van der Waals surface area contributed by atoms with Crippen LogP contribution in [-0.2, 0) is 21.2 Å². The normalized spacial score (nSPS) is 11.3. The molecule has 0 saturated carbocycles. The summed E-state index contributed by atoms with van der Waals surface area (Å²) in [6.07, 6.45) is 0. The van der Waals surface area contributed by atoms with Crippen LogP contribution in [0.25, 0.3) is 0 Å². The molecule has 0 saturated heterocycles. The first-order valence-corrected chi connectivity index (χ1v) is 10.1. The largest absolute Gasteiger partial charge is 0.342 e. The average Bonchev–Trinajstić information content (AvgIpc) is 2.61. The molecule has 2 aromatic rings. The summed E-state index contributed by atoms with van der Waals surface area (Å²) in [6, 6.07) is 13.1. The number of anilines is 1. The van der Waals surface area contributed by atoms with Crippen molar-refractivity contribution in [2.75, 3.05) is 12.4 Å². The second-order valence-electron chi connectivity index (χ2n) is 6.65. The Morgan fingerprint density at radius 3 is 2.26 bits per heavy atom. The monoisotopic (exact) mass is 388 g/mol. The zero-order chi connectivity index (χ0) is 20.2. The van der Waals surface area contributed by atoms with Gasteiger partial charge in [0, 0.05) is 31.8 Å². The van der Waals surface area contributed by atoms with Crippen LogP contribution in [0.5, 0.6) is 0 Å². The van der Waals surface area contributed by atoms with Crippen molar-refractivity contribution >= 4 is 27.3 Å². The Labute approximate surface area is 160 Å². The molecule has 0 aliphatic heterocycles. The first kappa shape index (κ1) is 20.6. The number of carbonyl (C=O) groups excluding carboxylic acids is 2. The molecule has 2 amide bonds. The number of benzene rings is 2. The van der Waals surface area contributed by atoms with E-state index in [1.165, 1.54) is 31.2 Å². The van der Waals surface area contributed by atoms with Crippen molar-refractivity contribution in [3.8, 4) is 0 Å². The van der Waals surface area contributed by atoms with Gasteiger partial charge < -0.3 is 10.2 Å². The average molecular weight is 388 g/mol. The van der Waals surface area contributed by atoms with E-state index in [4.69, 9.17) is 0 Å². The van der Waals surface area contributed by atoms with Crippen LogP contribution in [-0.4, -0.2) is 37.4 Å². The summed E-state index contributed by atoms with van der Waals surface area (Å²) >= 11 is 0. The number of nitrogens with zero attached hydrogens (tertiary/aromatic N) is 1. The van der Waals surface area contributed by atoms with Crippen LogP contribution in [0.3, 0.4) is 0 Å². The lowest BCUT2D eigenvalue weighted by molar-refractivity contribution is -0.128. The van der Waals surface area contributed by atoms with Crippen molar-refractivity contribution in [1.82, 2.24) is 4.90 Å². The molecule has 0 heterocycles. The van der Waals surface area contributed by atoms with Crippen molar-refractivity contribution in [2.24, 2.45) is 0 Å². The van der Waals surface area contributed by atoms with E-state index >= 15 is 0 Å². The van der Waals surface area contributed by atoms with Crippen LogP contribution < -0.4 is 5.32 Å². The van der Waals surface area contributed by atoms with Crippen LogP contribution in [0.2, 0.25) is 0 Å². The van der Waals surface area contributed by atoms with Gasteiger partial charge in [-0.25, -0.2) is 8.42 Å². The van der Waals surface area contributed by atoms with Gasteiger partial charge in [-0.05, 0) is 55.8 Å². The van der Waals surface area contributed by atoms with E-state index in [-0.39, 0.29) is 16.7 Å². The van der Waals surface area contributed by atoms with E-state index in [1.54, 1.807) is 44.0 Å². The first-order chi connectivity index (χ1) is 12.6. The number of amides is 2. The highest BCUT2D eigenvalue weighted by Gasteiger charge is 2.19. The minimum absolute atomic E-state index is 0.0409. The van der Waals surface area contributed by atoms with Gasteiger partial charge in [-0.1, -0.05) is 12.1 Å². The highest BCUT2D eigenvalue weighted by molar-refractivity contribution is 7.92. The van der Waals surface area contributed by atoms with E-state index in [2.05, 4.69) is 5.32 Å². The fourth-order valence-electron chi connectivity index (χ4n) is 2.40. The van der Waals surface area contributed by atoms with Crippen molar-refractivity contribution < 1.29 is 18.0 Å². The lowest BCUT2D eigenvalue weighted by Crippen LogP contribution is -2.23. The molecule has 6 nitrogen and oxygen atoms in total. The van der Waals surface area contributed by atoms with Gasteiger partial charge in [0.15, 0.2) is 9.84 Å². The van der Waals surface area contributed by atoms with Crippen molar-refractivity contribution in [3.05, 3.63) is 59.7 Å². The van der Waals surface area contributed by atoms with Gasteiger partial charge in [-0.3, -0.25) is 9.59 Å². The maximum absolute atomic E-state index is 12.4. The highest BCUT2D eigenvalue weighted by Crippen LogP contribution is 2.18. The van der Waals surface area contributed by atoms with Gasteiger partial charge in [0.05, 0.1) is 10.1 Å². The van der Waals surface area contributed by atoms with E-state index < -0.39 is 15.1 Å². The van der Waals surface area contributed by atoms with Crippen LogP contribution >= 0.6 is 0 Å². The van der Waals surface area contributed by atoms with Crippen molar-refractivity contribution in [2.45, 2.75) is 37.5 Å². The second kappa shape index (κ2) is 8.35. The molecule has 0 bridgehead atoms. The fraction of sp³-hybridized carbons (Fsp3) is 0.300. The Bertz CT molecular complexity index is 935. The predicted octanol–water partition coefficient (Wildman–Crippen LogP) is 3.10. The molecule has 0 unspecified atom stereocenters. The number of carbonyl (C=O) groups is 2. The Morgan fingerprint density at radius 1 is 1.07 bits per heavy atom. The number of nitrogens with one attached hydrogen (secondary N) is 1. The fourth-order valence-corrected chi connectivity index (χ4v) is 3.46. The molecule has 0 radical (unpaired) electrons. The molecule has 144 valence electrons. The Kier molecular flexibility index (Phi) is 6.38. The molecule has 0 aliphatic rings. The van der Waals surface area contributed by atoms with E-state index in [9.17, 15) is 18.0 Å². The van der Waals surface area contributed by atoms with Crippen LogP contribution in [0.1, 0.15) is 36.7 Å². The third-order valence-corrected chi connectivity index (χ3v) is 6.38. The number of hydrogen-bond acceptors (Lipinski definition) is 4.